The first-order chi connectivity index (χ1) is 9.04. The number of aliphatic carboxylic acids is 1. The number of carbonyl (C=O) groups is 3. The van der Waals surface area contributed by atoms with Crippen molar-refractivity contribution in [3.8, 4) is 0 Å². The van der Waals surface area contributed by atoms with E-state index >= 15 is 0 Å². The van der Waals surface area contributed by atoms with E-state index in [1.807, 2.05) is 0 Å². The number of amides is 3. The fraction of sp³-hybridized carbons (Fsp3) is 0.750. The summed E-state index contributed by atoms with van der Waals surface area (Å²) in [6.07, 6.45) is 2.64. The van der Waals surface area contributed by atoms with Gasteiger partial charge in [-0.05, 0) is 19.3 Å². The van der Waals surface area contributed by atoms with E-state index in [0.29, 0.717) is 6.42 Å². The van der Waals surface area contributed by atoms with Crippen LogP contribution in [0.4, 0.5) is 4.79 Å². The summed E-state index contributed by atoms with van der Waals surface area (Å²) in [5.74, 6) is -1.03. The second-order valence-electron chi connectivity index (χ2n) is 4.54. The van der Waals surface area contributed by atoms with Crippen LogP contribution in [0.2, 0.25) is 0 Å². The molecule has 0 bridgehead atoms. The predicted molar refractivity (Wildman–Crippen MR) is 68.7 cm³/mol. The molecule has 0 unspecified atom stereocenters. The molecule has 1 saturated heterocycles. The van der Waals surface area contributed by atoms with E-state index in [2.05, 4.69) is 10.6 Å². The summed E-state index contributed by atoms with van der Waals surface area (Å²) in [4.78, 5) is 35.6. The zero-order valence-corrected chi connectivity index (χ0v) is 11.1. The molecule has 108 valence electrons. The highest BCUT2D eigenvalue weighted by molar-refractivity contribution is 5.83. The summed E-state index contributed by atoms with van der Waals surface area (Å²) in [6, 6.07) is -1.45. The highest BCUT2D eigenvalue weighted by atomic mass is 16.4. The molecule has 0 aromatic rings. The second kappa shape index (κ2) is 7.60. The Morgan fingerprint density at radius 2 is 1.89 bits per heavy atom. The number of likely N-dealkylation sites (tertiary alicyclic amines) is 1. The Hall–Kier alpha value is -1.79. The molecule has 1 fully saturated rings. The monoisotopic (exact) mass is 271 g/mol. The van der Waals surface area contributed by atoms with Crippen LogP contribution in [-0.4, -0.2) is 53.6 Å². The van der Waals surface area contributed by atoms with Crippen LogP contribution in [0.5, 0.6) is 0 Å². The minimum absolute atomic E-state index is 0.0306. The highest BCUT2D eigenvalue weighted by Crippen LogP contribution is 2.08. The number of nitrogens with one attached hydrogen (secondary N) is 2. The Morgan fingerprint density at radius 1 is 1.26 bits per heavy atom. The van der Waals surface area contributed by atoms with Crippen molar-refractivity contribution in [3.05, 3.63) is 0 Å². The van der Waals surface area contributed by atoms with Crippen molar-refractivity contribution in [3.63, 3.8) is 0 Å². The summed E-state index contributed by atoms with van der Waals surface area (Å²) in [6.45, 7) is 3.48. The molecule has 0 aromatic carbocycles. The number of carboxylic acids is 1. The number of carboxylic acid groups (broad SMARTS) is 1. The molecule has 0 saturated carbocycles. The van der Waals surface area contributed by atoms with Crippen LogP contribution in [0.3, 0.4) is 0 Å². The largest absolute Gasteiger partial charge is 0.480 e. The van der Waals surface area contributed by atoms with Gasteiger partial charge in [-0.25, -0.2) is 9.59 Å². The summed E-state index contributed by atoms with van der Waals surface area (Å²) < 4.78 is 0. The van der Waals surface area contributed by atoms with Gasteiger partial charge in [-0.2, -0.15) is 0 Å². The lowest BCUT2D eigenvalue weighted by atomic mass is 10.2. The van der Waals surface area contributed by atoms with E-state index in [1.165, 1.54) is 0 Å². The topological polar surface area (TPSA) is 98.7 Å². The van der Waals surface area contributed by atoms with Gasteiger partial charge in [0.05, 0.1) is 0 Å². The lowest BCUT2D eigenvalue weighted by Gasteiger charge is -2.16. The maximum absolute atomic E-state index is 11.7. The standard InChI is InChI=1S/C12H21N3O4/c1-2-9(11(17)18)14-12(19)13-6-5-10(16)15-7-3-4-8-15/h9H,2-8H2,1H3,(H,17,18)(H2,13,14,19)/t9-/m0/s1. The Kier molecular flexibility index (Phi) is 6.11. The number of hydrogen-bond donors (Lipinski definition) is 3. The maximum Gasteiger partial charge on any atom is 0.326 e. The van der Waals surface area contributed by atoms with Crippen molar-refractivity contribution >= 4 is 17.9 Å². The summed E-state index contributed by atoms with van der Waals surface area (Å²) in [5, 5.41) is 13.6. The third kappa shape index (κ3) is 5.15. The number of nitrogens with zero attached hydrogens (tertiary/aromatic N) is 1. The van der Waals surface area contributed by atoms with Crippen molar-refractivity contribution < 1.29 is 19.5 Å². The van der Waals surface area contributed by atoms with Crippen molar-refractivity contribution in [2.45, 2.75) is 38.6 Å². The van der Waals surface area contributed by atoms with Gasteiger partial charge in [0, 0.05) is 26.1 Å². The van der Waals surface area contributed by atoms with E-state index in [4.69, 9.17) is 5.11 Å². The first-order valence-electron chi connectivity index (χ1n) is 6.59. The smallest absolute Gasteiger partial charge is 0.326 e. The quantitative estimate of drug-likeness (QED) is 0.641. The summed E-state index contributed by atoms with van der Waals surface area (Å²) in [7, 11) is 0. The average molecular weight is 271 g/mol. The van der Waals surface area contributed by atoms with Gasteiger partial charge < -0.3 is 20.6 Å². The van der Waals surface area contributed by atoms with E-state index in [-0.39, 0.29) is 18.9 Å². The van der Waals surface area contributed by atoms with Crippen molar-refractivity contribution in [1.82, 2.24) is 15.5 Å². The van der Waals surface area contributed by atoms with E-state index in [0.717, 1.165) is 25.9 Å². The van der Waals surface area contributed by atoms with Gasteiger partial charge in [-0.1, -0.05) is 6.92 Å². The molecule has 7 nitrogen and oxygen atoms in total. The van der Waals surface area contributed by atoms with Crippen LogP contribution < -0.4 is 10.6 Å². The van der Waals surface area contributed by atoms with E-state index in [1.54, 1.807) is 11.8 Å². The molecule has 1 rings (SSSR count). The molecule has 1 atom stereocenters. The van der Waals surface area contributed by atoms with Crippen molar-refractivity contribution in [2.24, 2.45) is 0 Å². The second-order valence-corrected chi connectivity index (χ2v) is 4.54. The number of rotatable bonds is 6. The van der Waals surface area contributed by atoms with E-state index in [9.17, 15) is 14.4 Å². The number of urea groups is 1. The predicted octanol–water partition coefficient (Wildman–Crippen LogP) is 0.161. The minimum Gasteiger partial charge on any atom is -0.480 e. The Bertz CT molecular complexity index is 340. The summed E-state index contributed by atoms with van der Waals surface area (Å²) >= 11 is 0. The molecular weight excluding hydrogens is 250 g/mol. The molecule has 3 amide bonds. The highest BCUT2D eigenvalue weighted by Gasteiger charge is 2.19. The van der Waals surface area contributed by atoms with Gasteiger partial charge in [-0.3, -0.25) is 4.79 Å². The van der Waals surface area contributed by atoms with Crippen LogP contribution in [0, 0.1) is 0 Å². The first-order valence-corrected chi connectivity index (χ1v) is 6.59. The van der Waals surface area contributed by atoms with Crippen molar-refractivity contribution in [2.75, 3.05) is 19.6 Å². The van der Waals surface area contributed by atoms with Gasteiger partial charge in [0.25, 0.3) is 0 Å². The van der Waals surface area contributed by atoms with Gasteiger partial charge in [0.2, 0.25) is 5.91 Å². The van der Waals surface area contributed by atoms with Gasteiger partial charge >= 0.3 is 12.0 Å². The molecule has 0 radical (unpaired) electrons. The number of carbonyl (C=O) groups excluding carboxylic acids is 2. The van der Waals surface area contributed by atoms with Gasteiger partial charge in [0.15, 0.2) is 0 Å². The Morgan fingerprint density at radius 3 is 2.42 bits per heavy atom. The summed E-state index contributed by atoms with van der Waals surface area (Å²) in [5.41, 5.74) is 0. The van der Waals surface area contributed by atoms with Crippen LogP contribution in [-0.2, 0) is 9.59 Å². The van der Waals surface area contributed by atoms with Gasteiger partial charge in [-0.15, -0.1) is 0 Å². The molecule has 1 aliphatic heterocycles. The molecule has 3 N–H and O–H groups in total. The first kappa shape index (κ1) is 15.3. The molecule has 1 heterocycles. The SMILES string of the molecule is CC[C@H](NC(=O)NCCC(=O)N1CCCC1)C(=O)O. The zero-order chi connectivity index (χ0) is 14.3. The molecule has 0 aromatic heterocycles. The molecule has 0 spiro atoms. The van der Waals surface area contributed by atoms with Crippen molar-refractivity contribution in [1.29, 1.82) is 0 Å². The third-order valence-electron chi connectivity index (χ3n) is 3.09. The lowest BCUT2D eigenvalue weighted by molar-refractivity contribution is -0.139. The van der Waals surface area contributed by atoms with E-state index < -0.39 is 18.0 Å². The maximum atomic E-state index is 11.7. The molecule has 19 heavy (non-hydrogen) atoms. The molecule has 1 aliphatic rings. The normalized spacial score (nSPS) is 15.9. The Balaban J connectivity index is 2.19. The zero-order valence-electron chi connectivity index (χ0n) is 11.1. The fourth-order valence-electron chi connectivity index (χ4n) is 1.96. The van der Waals surface area contributed by atoms with Crippen LogP contribution in [0.25, 0.3) is 0 Å². The van der Waals surface area contributed by atoms with Crippen LogP contribution in [0.15, 0.2) is 0 Å². The minimum atomic E-state index is -1.06. The average Bonchev–Trinajstić information content (AvgIpc) is 2.89. The molecule has 0 aliphatic carbocycles. The van der Waals surface area contributed by atoms with Crippen LogP contribution in [0.1, 0.15) is 32.6 Å². The fourth-order valence-corrected chi connectivity index (χ4v) is 1.96. The Labute approximate surface area is 112 Å². The van der Waals surface area contributed by atoms with Crippen LogP contribution >= 0.6 is 0 Å². The molecular formula is C12H21N3O4. The lowest BCUT2D eigenvalue weighted by Crippen LogP contribution is -2.46. The van der Waals surface area contributed by atoms with Gasteiger partial charge in [0.1, 0.15) is 6.04 Å². The molecule has 7 heteroatoms. The third-order valence-corrected chi connectivity index (χ3v) is 3.09. The number of hydrogen-bond acceptors (Lipinski definition) is 3.